The van der Waals surface area contributed by atoms with Crippen LogP contribution >= 0.6 is 11.6 Å². The van der Waals surface area contributed by atoms with Gasteiger partial charge in [-0.1, -0.05) is 36.4 Å². The van der Waals surface area contributed by atoms with Crippen molar-refractivity contribution in [3.8, 4) is 5.75 Å². The highest BCUT2D eigenvalue weighted by atomic mass is 35.5. The fourth-order valence-electron chi connectivity index (χ4n) is 1.67. The van der Waals surface area contributed by atoms with Crippen molar-refractivity contribution in [3.05, 3.63) is 77.3 Å². The number of hydrazone groups is 1. The first-order valence-electron chi connectivity index (χ1n) is 6.62. The Bertz CT molecular complexity index is 681. The van der Waals surface area contributed by atoms with Crippen LogP contribution < -0.4 is 10.2 Å². The number of nitrogens with zero attached hydrogens (tertiary/aromatic N) is 1. The van der Waals surface area contributed by atoms with Crippen molar-refractivity contribution >= 4 is 23.7 Å². The maximum Gasteiger partial charge on any atom is 0.271 e. The van der Waals surface area contributed by atoms with Gasteiger partial charge in [0, 0.05) is 10.6 Å². The Morgan fingerprint density at radius 3 is 2.73 bits per heavy atom. The van der Waals surface area contributed by atoms with Crippen LogP contribution in [0.15, 0.2) is 66.3 Å². The Morgan fingerprint density at radius 2 is 2.05 bits per heavy atom. The molecule has 0 heterocycles. The van der Waals surface area contributed by atoms with E-state index in [0.717, 1.165) is 5.56 Å². The molecule has 5 heteroatoms. The molecule has 0 aliphatic carbocycles. The summed E-state index contributed by atoms with van der Waals surface area (Å²) in [5.41, 5.74) is 3.76. The Labute approximate surface area is 134 Å². The number of halogens is 1. The molecule has 0 atom stereocenters. The highest BCUT2D eigenvalue weighted by Crippen LogP contribution is 2.12. The van der Waals surface area contributed by atoms with Gasteiger partial charge in [0.2, 0.25) is 0 Å². The van der Waals surface area contributed by atoms with Crippen molar-refractivity contribution in [2.45, 2.75) is 0 Å². The number of carbonyl (C=O) groups is 1. The van der Waals surface area contributed by atoms with E-state index in [-0.39, 0.29) is 5.91 Å². The molecule has 0 spiro atoms. The monoisotopic (exact) mass is 314 g/mol. The van der Waals surface area contributed by atoms with Gasteiger partial charge >= 0.3 is 0 Å². The summed E-state index contributed by atoms with van der Waals surface area (Å²) in [6.07, 6.45) is 3.19. The molecule has 2 aromatic carbocycles. The Hall–Kier alpha value is -2.59. The van der Waals surface area contributed by atoms with Crippen LogP contribution in [0.5, 0.6) is 5.75 Å². The molecule has 0 fully saturated rings. The predicted molar refractivity (Wildman–Crippen MR) is 88.6 cm³/mol. The molecule has 0 aliphatic rings. The zero-order valence-corrected chi connectivity index (χ0v) is 12.6. The number of benzene rings is 2. The first kappa shape index (κ1) is 15.8. The summed E-state index contributed by atoms with van der Waals surface area (Å²) in [5.74, 6) is 0.382. The zero-order chi connectivity index (χ0) is 15.8. The Balaban J connectivity index is 1.93. The number of hydrogen-bond donors (Lipinski definition) is 1. The van der Waals surface area contributed by atoms with Crippen molar-refractivity contribution in [2.75, 3.05) is 6.61 Å². The third kappa shape index (κ3) is 4.75. The number of nitrogens with one attached hydrogen (secondary N) is 1. The fourth-order valence-corrected chi connectivity index (χ4v) is 1.87. The summed E-state index contributed by atoms with van der Waals surface area (Å²) >= 11 is 5.87. The van der Waals surface area contributed by atoms with Crippen LogP contribution in [-0.4, -0.2) is 18.7 Å². The first-order valence-corrected chi connectivity index (χ1v) is 6.99. The van der Waals surface area contributed by atoms with Gasteiger partial charge < -0.3 is 4.74 Å². The third-order valence-corrected chi connectivity index (χ3v) is 2.95. The van der Waals surface area contributed by atoms with E-state index in [1.165, 1.54) is 6.21 Å². The van der Waals surface area contributed by atoms with Gasteiger partial charge in [-0.05, 0) is 42.0 Å². The van der Waals surface area contributed by atoms with Gasteiger partial charge in [0.15, 0.2) is 0 Å². The quantitative estimate of drug-likeness (QED) is 0.502. The largest absolute Gasteiger partial charge is 0.490 e. The average molecular weight is 315 g/mol. The van der Waals surface area contributed by atoms with Gasteiger partial charge in [0.25, 0.3) is 5.91 Å². The van der Waals surface area contributed by atoms with Crippen LogP contribution in [0.3, 0.4) is 0 Å². The molecule has 0 radical (unpaired) electrons. The maximum absolute atomic E-state index is 11.9. The fraction of sp³-hybridized carbons (Fsp3) is 0.0588. The summed E-state index contributed by atoms with van der Waals surface area (Å²) in [4.78, 5) is 11.9. The minimum atomic E-state index is -0.298. The van der Waals surface area contributed by atoms with Gasteiger partial charge in [0.1, 0.15) is 12.4 Å². The van der Waals surface area contributed by atoms with E-state index < -0.39 is 0 Å². The molecule has 0 saturated heterocycles. The summed E-state index contributed by atoms with van der Waals surface area (Å²) in [6, 6.07) is 14.0. The lowest BCUT2D eigenvalue weighted by Crippen LogP contribution is -2.17. The molecular weight excluding hydrogens is 300 g/mol. The van der Waals surface area contributed by atoms with E-state index in [2.05, 4.69) is 17.1 Å². The molecule has 0 unspecified atom stereocenters. The van der Waals surface area contributed by atoms with Crippen LogP contribution in [0.1, 0.15) is 15.9 Å². The van der Waals surface area contributed by atoms with E-state index in [4.69, 9.17) is 16.3 Å². The van der Waals surface area contributed by atoms with Crippen LogP contribution in [0, 0.1) is 0 Å². The number of ether oxygens (including phenoxy) is 1. The van der Waals surface area contributed by atoms with Gasteiger partial charge in [-0.25, -0.2) is 5.43 Å². The molecule has 0 aromatic heterocycles. The van der Waals surface area contributed by atoms with Crippen molar-refractivity contribution in [1.29, 1.82) is 0 Å². The molecule has 22 heavy (non-hydrogen) atoms. The maximum atomic E-state index is 11.9. The lowest BCUT2D eigenvalue weighted by atomic mass is 10.2. The smallest absolute Gasteiger partial charge is 0.271 e. The van der Waals surface area contributed by atoms with E-state index in [1.807, 2.05) is 12.1 Å². The molecule has 112 valence electrons. The third-order valence-electron chi connectivity index (χ3n) is 2.71. The van der Waals surface area contributed by atoms with E-state index in [1.54, 1.807) is 42.5 Å². The van der Waals surface area contributed by atoms with Crippen molar-refractivity contribution in [2.24, 2.45) is 5.10 Å². The summed E-state index contributed by atoms with van der Waals surface area (Å²) in [6.45, 7) is 4.00. The van der Waals surface area contributed by atoms with E-state index in [9.17, 15) is 4.79 Å². The van der Waals surface area contributed by atoms with Crippen LogP contribution in [-0.2, 0) is 0 Å². The first-order chi connectivity index (χ1) is 10.7. The molecule has 4 nitrogen and oxygen atoms in total. The highest BCUT2D eigenvalue weighted by molar-refractivity contribution is 6.30. The number of rotatable bonds is 6. The highest BCUT2D eigenvalue weighted by Gasteiger charge is 2.04. The predicted octanol–water partition coefficient (Wildman–Crippen LogP) is 3.67. The Kier molecular flexibility index (Phi) is 5.74. The van der Waals surface area contributed by atoms with Gasteiger partial charge in [0.05, 0.1) is 6.21 Å². The van der Waals surface area contributed by atoms with E-state index in [0.29, 0.717) is 22.9 Å². The van der Waals surface area contributed by atoms with Gasteiger partial charge in [-0.15, -0.1) is 0 Å². The van der Waals surface area contributed by atoms with Gasteiger partial charge in [-0.2, -0.15) is 5.10 Å². The summed E-state index contributed by atoms with van der Waals surface area (Å²) in [7, 11) is 0. The van der Waals surface area contributed by atoms with Gasteiger partial charge in [-0.3, -0.25) is 4.79 Å². The number of hydrogen-bond acceptors (Lipinski definition) is 3. The normalized spacial score (nSPS) is 10.4. The van der Waals surface area contributed by atoms with Crippen LogP contribution in [0.4, 0.5) is 0 Å². The second-order valence-corrected chi connectivity index (χ2v) is 4.81. The van der Waals surface area contributed by atoms with Crippen molar-refractivity contribution < 1.29 is 9.53 Å². The molecule has 2 aromatic rings. The van der Waals surface area contributed by atoms with Crippen molar-refractivity contribution in [1.82, 2.24) is 5.43 Å². The second kappa shape index (κ2) is 8.00. The molecular formula is C17H15ClN2O2. The number of amides is 1. The molecule has 2 rings (SSSR count). The lowest BCUT2D eigenvalue weighted by molar-refractivity contribution is 0.0955. The van der Waals surface area contributed by atoms with Crippen LogP contribution in [0.2, 0.25) is 5.02 Å². The van der Waals surface area contributed by atoms with Crippen LogP contribution in [0.25, 0.3) is 0 Å². The average Bonchev–Trinajstić information content (AvgIpc) is 2.53. The second-order valence-electron chi connectivity index (χ2n) is 4.38. The summed E-state index contributed by atoms with van der Waals surface area (Å²) < 4.78 is 5.35. The standard InChI is InChI=1S/C17H15ClN2O2/c1-2-10-22-16-8-6-14(7-9-16)17(21)20-19-12-13-4-3-5-15(18)11-13/h2-9,11-12H,1,10H2,(H,20,21)/b19-12+. The molecule has 0 saturated carbocycles. The SMILES string of the molecule is C=CCOc1ccc(C(=O)N/N=C/c2cccc(Cl)c2)cc1. The molecule has 1 amide bonds. The zero-order valence-electron chi connectivity index (χ0n) is 11.8. The van der Waals surface area contributed by atoms with E-state index >= 15 is 0 Å². The minimum absolute atomic E-state index is 0.298. The topological polar surface area (TPSA) is 50.7 Å². The minimum Gasteiger partial charge on any atom is -0.490 e. The van der Waals surface area contributed by atoms with Crippen molar-refractivity contribution in [3.63, 3.8) is 0 Å². The number of carbonyl (C=O) groups excluding carboxylic acids is 1. The molecule has 0 bridgehead atoms. The lowest BCUT2D eigenvalue weighted by Gasteiger charge is -2.04. The molecule has 1 N–H and O–H groups in total. The Morgan fingerprint density at radius 1 is 1.27 bits per heavy atom. The summed E-state index contributed by atoms with van der Waals surface area (Å²) in [5, 5.41) is 4.52. The molecule has 0 aliphatic heterocycles.